The molecule has 1 atom stereocenters. The van der Waals surface area contributed by atoms with Crippen molar-refractivity contribution >= 4 is 33.0 Å². The van der Waals surface area contributed by atoms with Gasteiger partial charge in [-0.25, -0.2) is 9.97 Å². The summed E-state index contributed by atoms with van der Waals surface area (Å²) in [6.07, 6.45) is 1.84. The lowest BCUT2D eigenvalue weighted by Crippen LogP contribution is -2.06. The summed E-state index contributed by atoms with van der Waals surface area (Å²) >= 11 is 5.15. The standard InChI is InChI=1S/C13H16BrN3S/c1-7-5-11(6-15-13(7)14)17-9(3)12-8(2)16-10(4)18-12/h5-6,9,17H,1-4H3. The highest BCUT2D eigenvalue weighted by Gasteiger charge is 2.13. The molecule has 2 aromatic rings. The van der Waals surface area contributed by atoms with Gasteiger partial charge in [0.15, 0.2) is 0 Å². The van der Waals surface area contributed by atoms with E-state index in [1.807, 2.05) is 20.0 Å². The predicted octanol–water partition coefficient (Wildman–Crippen LogP) is 4.40. The third-order valence-electron chi connectivity index (χ3n) is 2.73. The Hall–Kier alpha value is -0.940. The largest absolute Gasteiger partial charge is 0.376 e. The van der Waals surface area contributed by atoms with Crippen LogP contribution in [-0.2, 0) is 0 Å². The highest BCUT2D eigenvalue weighted by molar-refractivity contribution is 9.10. The van der Waals surface area contributed by atoms with Gasteiger partial charge in [-0.3, -0.25) is 0 Å². The zero-order valence-electron chi connectivity index (χ0n) is 10.9. The summed E-state index contributed by atoms with van der Waals surface area (Å²) < 4.78 is 0.894. The molecule has 5 heteroatoms. The lowest BCUT2D eigenvalue weighted by atomic mass is 10.2. The normalized spacial score (nSPS) is 12.5. The summed E-state index contributed by atoms with van der Waals surface area (Å²) in [4.78, 5) is 10.0. The van der Waals surface area contributed by atoms with E-state index in [1.165, 1.54) is 4.88 Å². The van der Waals surface area contributed by atoms with Crippen molar-refractivity contribution in [2.24, 2.45) is 0 Å². The van der Waals surface area contributed by atoms with Gasteiger partial charge in [-0.05, 0) is 55.3 Å². The third-order valence-corrected chi connectivity index (χ3v) is 4.82. The van der Waals surface area contributed by atoms with E-state index in [2.05, 4.69) is 51.1 Å². The Morgan fingerprint density at radius 1 is 1.33 bits per heavy atom. The van der Waals surface area contributed by atoms with Gasteiger partial charge < -0.3 is 5.32 Å². The number of aryl methyl sites for hydroxylation is 3. The molecule has 0 amide bonds. The zero-order valence-corrected chi connectivity index (χ0v) is 13.3. The summed E-state index contributed by atoms with van der Waals surface area (Å²) in [5.74, 6) is 0. The second-order valence-corrected chi connectivity index (χ2v) is 6.37. The first-order valence-corrected chi connectivity index (χ1v) is 7.41. The van der Waals surface area contributed by atoms with Crippen LogP contribution in [0.1, 0.15) is 34.1 Å². The average molecular weight is 326 g/mol. The van der Waals surface area contributed by atoms with E-state index in [-0.39, 0.29) is 6.04 Å². The Bertz CT molecular complexity index is 565. The number of nitrogens with zero attached hydrogens (tertiary/aromatic N) is 2. The first-order valence-electron chi connectivity index (χ1n) is 5.80. The summed E-state index contributed by atoms with van der Waals surface area (Å²) in [6, 6.07) is 2.34. The smallest absolute Gasteiger partial charge is 0.109 e. The fourth-order valence-electron chi connectivity index (χ4n) is 1.90. The molecule has 0 radical (unpaired) electrons. The maximum Gasteiger partial charge on any atom is 0.109 e. The molecule has 2 heterocycles. The number of nitrogens with one attached hydrogen (secondary N) is 1. The Balaban J connectivity index is 2.18. The van der Waals surface area contributed by atoms with Crippen LogP contribution in [0.25, 0.3) is 0 Å². The fourth-order valence-corrected chi connectivity index (χ4v) is 3.05. The number of hydrogen-bond acceptors (Lipinski definition) is 4. The molecule has 0 aliphatic heterocycles. The number of hydrogen-bond donors (Lipinski definition) is 1. The van der Waals surface area contributed by atoms with E-state index in [4.69, 9.17) is 0 Å². The van der Waals surface area contributed by atoms with Crippen LogP contribution in [-0.4, -0.2) is 9.97 Å². The van der Waals surface area contributed by atoms with Crippen molar-refractivity contribution in [3.8, 4) is 0 Å². The highest BCUT2D eigenvalue weighted by atomic mass is 79.9. The zero-order chi connectivity index (χ0) is 13.3. The lowest BCUT2D eigenvalue weighted by molar-refractivity contribution is 0.887. The molecule has 0 aromatic carbocycles. The van der Waals surface area contributed by atoms with Gasteiger partial charge in [0, 0.05) is 4.88 Å². The fraction of sp³-hybridized carbons (Fsp3) is 0.385. The summed E-state index contributed by atoms with van der Waals surface area (Å²) in [5, 5.41) is 4.58. The first kappa shape index (κ1) is 13.5. The molecule has 2 rings (SSSR count). The topological polar surface area (TPSA) is 37.8 Å². The van der Waals surface area contributed by atoms with Gasteiger partial charge in [-0.2, -0.15) is 0 Å². The van der Waals surface area contributed by atoms with Crippen molar-refractivity contribution in [3.63, 3.8) is 0 Å². The third kappa shape index (κ3) is 2.90. The molecule has 0 aliphatic rings. The van der Waals surface area contributed by atoms with Crippen LogP contribution in [0, 0.1) is 20.8 Å². The minimum Gasteiger partial charge on any atom is -0.376 e. The second kappa shape index (κ2) is 5.36. The van der Waals surface area contributed by atoms with Crippen LogP contribution in [0.5, 0.6) is 0 Å². The monoisotopic (exact) mass is 325 g/mol. The molecule has 1 unspecified atom stereocenters. The minimum atomic E-state index is 0.249. The van der Waals surface area contributed by atoms with Crippen LogP contribution in [0.2, 0.25) is 0 Å². The molecule has 3 nitrogen and oxygen atoms in total. The van der Waals surface area contributed by atoms with Gasteiger partial charge in [-0.15, -0.1) is 11.3 Å². The van der Waals surface area contributed by atoms with E-state index in [0.717, 1.165) is 26.6 Å². The van der Waals surface area contributed by atoms with Crippen LogP contribution < -0.4 is 5.32 Å². The van der Waals surface area contributed by atoms with Gasteiger partial charge in [0.1, 0.15) is 4.60 Å². The number of aromatic nitrogens is 2. The SMILES string of the molecule is Cc1nc(C)c(C(C)Nc2cnc(Br)c(C)c2)s1. The number of rotatable bonds is 3. The number of pyridine rings is 1. The van der Waals surface area contributed by atoms with Crippen molar-refractivity contribution < 1.29 is 0 Å². The molecule has 0 spiro atoms. The van der Waals surface area contributed by atoms with Gasteiger partial charge in [0.2, 0.25) is 0 Å². The van der Waals surface area contributed by atoms with Gasteiger partial charge >= 0.3 is 0 Å². The van der Waals surface area contributed by atoms with Crippen molar-refractivity contribution in [2.45, 2.75) is 33.7 Å². The molecule has 1 N–H and O–H groups in total. The maximum atomic E-state index is 4.46. The maximum absolute atomic E-state index is 4.46. The number of anilines is 1. The van der Waals surface area contributed by atoms with Crippen LogP contribution in [0.15, 0.2) is 16.9 Å². The highest BCUT2D eigenvalue weighted by Crippen LogP contribution is 2.28. The van der Waals surface area contributed by atoms with Crippen LogP contribution >= 0.6 is 27.3 Å². The molecule has 0 fully saturated rings. The number of thiazole rings is 1. The summed E-state index contributed by atoms with van der Waals surface area (Å²) in [7, 11) is 0. The van der Waals surface area contributed by atoms with Gasteiger partial charge in [0.25, 0.3) is 0 Å². The second-order valence-electron chi connectivity index (χ2n) is 4.38. The quantitative estimate of drug-likeness (QED) is 0.850. The lowest BCUT2D eigenvalue weighted by Gasteiger charge is -2.14. The van der Waals surface area contributed by atoms with Gasteiger partial charge in [0.05, 0.1) is 28.6 Å². The number of halogens is 1. The van der Waals surface area contributed by atoms with E-state index >= 15 is 0 Å². The molecule has 96 valence electrons. The van der Waals surface area contributed by atoms with Crippen LogP contribution in [0.3, 0.4) is 0 Å². The molecule has 18 heavy (non-hydrogen) atoms. The Morgan fingerprint density at radius 2 is 2.06 bits per heavy atom. The average Bonchev–Trinajstić information content (AvgIpc) is 2.63. The molecule has 0 saturated heterocycles. The van der Waals surface area contributed by atoms with Crippen LogP contribution in [0.4, 0.5) is 5.69 Å². The van der Waals surface area contributed by atoms with E-state index in [1.54, 1.807) is 11.3 Å². The van der Waals surface area contributed by atoms with E-state index in [9.17, 15) is 0 Å². The van der Waals surface area contributed by atoms with Gasteiger partial charge in [-0.1, -0.05) is 0 Å². The summed E-state index contributed by atoms with van der Waals surface area (Å²) in [5.41, 5.74) is 3.28. The summed E-state index contributed by atoms with van der Waals surface area (Å²) in [6.45, 7) is 8.29. The molecule has 0 bridgehead atoms. The molecule has 2 aromatic heterocycles. The minimum absolute atomic E-state index is 0.249. The Labute approximate surface area is 120 Å². The van der Waals surface area contributed by atoms with E-state index in [0.29, 0.717) is 0 Å². The molecule has 0 aliphatic carbocycles. The van der Waals surface area contributed by atoms with E-state index < -0.39 is 0 Å². The Kier molecular flexibility index (Phi) is 4.02. The van der Waals surface area contributed by atoms with Crippen molar-refractivity contribution in [2.75, 3.05) is 5.32 Å². The molecular formula is C13H16BrN3S. The predicted molar refractivity (Wildman–Crippen MR) is 80.3 cm³/mol. The van der Waals surface area contributed by atoms with Crippen molar-refractivity contribution in [1.29, 1.82) is 0 Å². The first-order chi connectivity index (χ1) is 8.47. The molecule has 0 saturated carbocycles. The molecular weight excluding hydrogens is 310 g/mol. The Morgan fingerprint density at radius 3 is 2.61 bits per heavy atom. The van der Waals surface area contributed by atoms with Crippen molar-refractivity contribution in [1.82, 2.24) is 9.97 Å². The van der Waals surface area contributed by atoms with Crippen molar-refractivity contribution in [3.05, 3.63) is 38.0 Å².